The summed E-state index contributed by atoms with van der Waals surface area (Å²) in [6.07, 6.45) is 4.18. The van der Waals surface area contributed by atoms with Gasteiger partial charge in [-0.25, -0.2) is 14.4 Å². The minimum absolute atomic E-state index is 0.0578. The lowest BCUT2D eigenvalue weighted by atomic mass is 9.95. The van der Waals surface area contributed by atoms with E-state index in [2.05, 4.69) is 9.97 Å². The van der Waals surface area contributed by atoms with E-state index in [-0.39, 0.29) is 11.7 Å². The number of rotatable bonds is 2. The molecular weight excluding hydrogens is 209 g/mol. The van der Waals surface area contributed by atoms with Crippen LogP contribution in [0.2, 0.25) is 0 Å². The molecule has 1 aromatic rings. The Morgan fingerprint density at radius 2 is 2.19 bits per heavy atom. The summed E-state index contributed by atoms with van der Waals surface area (Å²) in [5.41, 5.74) is 0. The number of piperidine rings is 1. The average molecular weight is 223 g/mol. The molecule has 0 aromatic carbocycles. The Morgan fingerprint density at radius 3 is 2.81 bits per heavy atom. The fourth-order valence-electron chi connectivity index (χ4n) is 1.96. The number of hydrogen-bond donors (Lipinski definition) is 0. The van der Waals surface area contributed by atoms with Gasteiger partial charge in [-0.1, -0.05) is 0 Å². The Hall–Kier alpha value is -1.52. The first-order chi connectivity index (χ1) is 7.66. The van der Waals surface area contributed by atoms with E-state index in [1.54, 1.807) is 6.92 Å². The van der Waals surface area contributed by atoms with Gasteiger partial charge in [-0.15, -0.1) is 0 Å². The first kappa shape index (κ1) is 11.0. The smallest absolute Gasteiger partial charge is 0.225 e. The molecule has 0 bridgehead atoms. The van der Waals surface area contributed by atoms with Crippen molar-refractivity contribution in [1.82, 2.24) is 9.97 Å². The third-order valence-corrected chi connectivity index (χ3v) is 2.89. The van der Waals surface area contributed by atoms with Crippen LogP contribution in [0.4, 0.5) is 10.3 Å². The first-order valence-electron chi connectivity index (χ1n) is 5.40. The van der Waals surface area contributed by atoms with Crippen LogP contribution in [0.3, 0.4) is 0 Å². The molecule has 16 heavy (non-hydrogen) atoms. The van der Waals surface area contributed by atoms with Gasteiger partial charge in [0.1, 0.15) is 5.78 Å². The molecule has 4 nitrogen and oxygen atoms in total. The van der Waals surface area contributed by atoms with Gasteiger partial charge in [-0.05, 0) is 19.8 Å². The average Bonchev–Trinajstić information content (AvgIpc) is 2.30. The van der Waals surface area contributed by atoms with Crippen molar-refractivity contribution in [2.75, 3.05) is 18.0 Å². The lowest BCUT2D eigenvalue weighted by Crippen LogP contribution is -2.39. The second-order valence-electron chi connectivity index (χ2n) is 4.10. The summed E-state index contributed by atoms with van der Waals surface area (Å²) < 4.78 is 12.7. The molecule has 2 heterocycles. The largest absolute Gasteiger partial charge is 0.340 e. The molecule has 86 valence electrons. The third kappa shape index (κ3) is 2.35. The number of Topliss-reactive ketones (excluding diaryl/α,β-unsaturated/α-hetero) is 1. The van der Waals surface area contributed by atoms with Crippen molar-refractivity contribution >= 4 is 11.7 Å². The van der Waals surface area contributed by atoms with Crippen LogP contribution in [0, 0.1) is 11.7 Å². The maximum atomic E-state index is 12.7. The maximum Gasteiger partial charge on any atom is 0.225 e. The molecule has 0 saturated carbocycles. The summed E-state index contributed by atoms with van der Waals surface area (Å²) >= 11 is 0. The van der Waals surface area contributed by atoms with E-state index >= 15 is 0 Å². The standard InChI is InChI=1S/C11H14FN3O/c1-8(16)9-3-2-4-15(7-9)11-13-5-10(12)6-14-11/h5-6,9H,2-4,7H2,1H3. The van der Waals surface area contributed by atoms with E-state index in [0.717, 1.165) is 31.8 Å². The Bertz CT molecular complexity index is 379. The lowest BCUT2D eigenvalue weighted by molar-refractivity contribution is -0.120. The molecule has 2 rings (SSSR count). The molecular formula is C11H14FN3O. The molecule has 1 aliphatic heterocycles. The van der Waals surface area contributed by atoms with Gasteiger partial charge in [-0.2, -0.15) is 0 Å². The number of halogens is 1. The Labute approximate surface area is 93.5 Å². The number of anilines is 1. The van der Waals surface area contributed by atoms with Crippen LogP contribution in [0.1, 0.15) is 19.8 Å². The van der Waals surface area contributed by atoms with Crippen LogP contribution in [-0.4, -0.2) is 28.8 Å². The summed E-state index contributed by atoms with van der Waals surface area (Å²) in [5.74, 6) is 0.324. The van der Waals surface area contributed by atoms with Crippen LogP contribution in [0.25, 0.3) is 0 Å². The van der Waals surface area contributed by atoms with Gasteiger partial charge in [0.25, 0.3) is 0 Å². The molecule has 1 unspecified atom stereocenters. The van der Waals surface area contributed by atoms with Gasteiger partial charge in [0.2, 0.25) is 5.95 Å². The molecule has 0 N–H and O–H groups in total. The predicted molar refractivity (Wildman–Crippen MR) is 57.6 cm³/mol. The van der Waals surface area contributed by atoms with Crippen molar-refractivity contribution in [2.24, 2.45) is 5.92 Å². The van der Waals surface area contributed by atoms with Crippen LogP contribution in [0.15, 0.2) is 12.4 Å². The zero-order chi connectivity index (χ0) is 11.5. The van der Waals surface area contributed by atoms with Gasteiger partial charge in [0.15, 0.2) is 5.82 Å². The minimum atomic E-state index is -0.441. The SMILES string of the molecule is CC(=O)C1CCCN(c2ncc(F)cn2)C1. The van der Waals surface area contributed by atoms with Gasteiger partial charge in [0, 0.05) is 19.0 Å². The summed E-state index contributed by atoms with van der Waals surface area (Å²) in [4.78, 5) is 21.1. The number of ketones is 1. The van der Waals surface area contributed by atoms with Crippen LogP contribution >= 0.6 is 0 Å². The van der Waals surface area contributed by atoms with Gasteiger partial charge >= 0.3 is 0 Å². The summed E-state index contributed by atoms with van der Waals surface area (Å²) in [7, 11) is 0. The Balaban J connectivity index is 2.09. The summed E-state index contributed by atoms with van der Waals surface area (Å²) in [5, 5.41) is 0. The number of aromatic nitrogens is 2. The highest BCUT2D eigenvalue weighted by Crippen LogP contribution is 2.20. The predicted octanol–water partition coefficient (Wildman–Crippen LogP) is 1.42. The molecule has 0 spiro atoms. The zero-order valence-electron chi connectivity index (χ0n) is 9.19. The molecule has 5 heteroatoms. The Morgan fingerprint density at radius 1 is 1.50 bits per heavy atom. The van der Waals surface area contributed by atoms with Crippen molar-refractivity contribution in [1.29, 1.82) is 0 Å². The second-order valence-corrected chi connectivity index (χ2v) is 4.10. The van der Waals surface area contributed by atoms with Crippen molar-refractivity contribution in [3.63, 3.8) is 0 Å². The van der Waals surface area contributed by atoms with Crippen molar-refractivity contribution in [2.45, 2.75) is 19.8 Å². The third-order valence-electron chi connectivity index (χ3n) is 2.89. The van der Waals surface area contributed by atoms with E-state index in [0.29, 0.717) is 12.5 Å². The molecule has 1 atom stereocenters. The van der Waals surface area contributed by atoms with Crippen LogP contribution in [0.5, 0.6) is 0 Å². The number of carbonyl (C=O) groups is 1. The Kier molecular flexibility index (Phi) is 3.12. The maximum absolute atomic E-state index is 12.7. The first-order valence-corrected chi connectivity index (χ1v) is 5.40. The molecule has 0 radical (unpaired) electrons. The van der Waals surface area contributed by atoms with E-state index in [4.69, 9.17) is 0 Å². The number of carbonyl (C=O) groups excluding carboxylic acids is 1. The molecule has 0 amide bonds. The van der Waals surface area contributed by atoms with Gasteiger partial charge in [0.05, 0.1) is 12.4 Å². The highest BCUT2D eigenvalue weighted by molar-refractivity contribution is 5.79. The highest BCUT2D eigenvalue weighted by Gasteiger charge is 2.24. The normalized spacial score (nSPS) is 20.9. The van der Waals surface area contributed by atoms with E-state index in [1.807, 2.05) is 4.90 Å². The number of nitrogens with zero attached hydrogens (tertiary/aromatic N) is 3. The molecule has 0 aliphatic carbocycles. The fourth-order valence-corrected chi connectivity index (χ4v) is 1.96. The second kappa shape index (κ2) is 4.55. The molecule has 1 aromatic heterocycles. The lowest BCUT2D eigenvalue weighted by Gasteiger charge is -2.31. The highest BCUT2D eigenvalue weighted by atomic mass is 19.1. The van der Waals surface area contributed by atoms with Crippen molar-refractivity contribution in [3.8, 4) is 0 Å². The molecule has 1 fully saturated rings. The number of hydrogen-bond acceptors (Lipinski definition) is 4. The fraction of sp³-hybridized carbons (Fsp3) is 0.545. The van der Waals surface area contributed by atoms with Crippen LogP contribution in [-0.2, 0) is 4.79 Å². The van der Waals surface area contributed by atoms with Gasteiger partial charge < -0.3 is 4.90 Å². The van der Waals surface area contributed by atoms with Crippen molar-refractivity contribution < 1.29 is 9.18 Å². The molecule has 1 saturated heterocycles. The summed E-state index contributed by atoms with van der Waals surface area (Å²) in [6, 6.07) is 0. The van der Waals surface area contributed by atoms with E-state index in [1.165, 1.54) is 0 Å². The summed E-state index contributed by atoms with van der Waals surface area (Å²) in [6.45, 7) is 3.08. The van der Waals surface area contributed by atoms with Crippen LogP contribution < -0.4 is 4.90 Å². The minimum Gasteiger partial charge on any atom is -0.340 e. The van der Waals surface area contributed by atoms with E-state index < -0.39 is 5.82 Å². The molecule has 1 aliphatic rings. The topological polar surface area (TPSA) is 46.1 Å². The van der Waals surface area contributed by atoms with E-state index in [9.17, 15) is 9.18 Å². The monoisotopic (exact) mass is 223 g/mol. The quantitative estimate of drug-likeness (QED) is 0.760. The zero-order valence-corrected chi connectivity index (χ0v) is 9.19. The van der Waals surface area contributed by atoms with Crippen molar-refractivity contribution in [3.05, 3.63) is 18.2 Å². The van der Waals surface area contributed by atoms with Gasteiger partial charge in [-0.3, -0.25) is 4.79 Å².